The SMILES string of the molecule is CC(C)(C)NC(=O)CCNCc1nc2ccccc2s1. The van der Waals surface area contributed by atoms with Gasteiger partial charge in [-0.1, -0.05) is 12.1 Å². The molecule has 4 nitrogen and oxygen atoms in total. The molecule has 0 aliphatic carbocycles. The molecule has 0 saturated heterocycles. The van der Waals surface area contributed by atoms with Crippen molar-refractivity contribution in [1.29, 1.82) is 0 Å². The smallest absolute Gasteiger partial charge is 0.221 e. The van der Waals surface area contributed by atoms with Crippen LogP contribution >= 0.6 is 11.3 Å². The maximum Gasteiger partial charge on any atom is 0.221 e. The Bertz CT molecular complexity index is 553. The predicted molar refractivity (Wildman–Crippen MR) is 83.8 cm³/mol. The number of thiazole rings is 1. The largest absolute Gasteiger partial charge is 0.351 e. The van der Waals surface area contributed by atoms with Crippen molar-refractivity contribution in [2.75, 3.05) is 6.54 Å². The second kappa shape index (κ2) is 6.33. The molecule has 0 bridgehead atoms. The number of hydrogen-bond donors (Lipinski definition) is 2. The van der Waals surface area contributed by atoms with Crippen LogP contribution in [0.5, 0.6) is 0 Å². The Kier molecular flexibility index (Phi) is 4.73. The normalized spacial score (nSPS) is 11.8. The molecule has 0 saturated carbocycles. The first-order valence-electron chi connectivity index (χ1n) is 6.80. The molecular weight excluding hydrogens is 270 g/mol. The summed E-state index contributed by atoms with van der Waals surface area (Å²) in [7, 11) is 0. The fourth-order valence-corrected chi connectivity index (χ4v) is 2.81. The Balaban J connectivity index is 1.74. The summed E-state index contributed by atoms with van der Waals surface area (Å²) >= 11 is 1.69. The number of nitrogens with zero attached hydrogens (tertiary/aromatic N) is 1. The van der Waals surface area contributed by atoms with Crippen LogP contribution in [0.1, 0.15) is 32.2 Å². The highest BCUT2D eigenvalue weighted by molar-refractivity contribution is 7.18. The van der Waals surface area contributed by atoms with E-state index in [0.717, 1.165) is 10.5 Å². The number of carbonyl (C=O) groups excluding carboxylic acids is 1. The van der Waals surface area contributed by atoms with E-state index in [1.807, 2.05) is 39.0 Å². The van der Waals surface area contributed by atoms with E-state index in [1.54, 1.807) is 11.3 Å². The zero-order chi connectivity index (χ0) is 14.6. The van der Waals surface area contributed by atoms with Crippen molar-refractivity contribution in [3.05, 3.63) is 29.3 Å². The zero-order valence-electron chi connectivity index (χ0n) is 12.2. The van der Waals surface area contributed by atoms with Gasteiger partial charge in [-0.05, 0) is 32.9 Å². The lowest BCUT2D eigenvalue weighted by Gasteiger charge is -2.20. The first-order chi connectivity index (χ1) is 9.44. The molecule has 0 fully saturated rings. The molecule has 0 unspecified atom stereocenters. The number of rotatable bonds is 5. The van der Waals surface area contributed by atoms with Gasteiger partial charge in [0.05, 0.1) is 10.2 Å². The number of hydrogen-bond acceptors (Lipinski definition) is 4. The maximum absolute atomic E-state index is 11.6. The van der Waals surface area contributed by atoms with E-state index in [0.29, 0.717) is 19.5 Å². The summed E-state index contributed by atoms with van der Waals surface area (Å²) < 4.78 is 1.20. The fraction of sp³-hybridized carbons (Fsp3) is 0.467. The first-order valence-corrected chi connectivity index (χ1v) is 7.62. The van der Waals surface area contributed by atoms with Crippen molar-refractivity contribution >= 4 is 27.5 Å². The fourth-order valence-electron chi connectivity index (χ4n) is 1.87. The number of aromatic nitrogens is 1. The average Bonchev–Trinajstić information content (AvgIpc) is 2.75. The van der Waals surface area contributed by atoms with Crippen molar-refractivity contribution in [2.45, 2.75) is 39.3 Å². The van der Waals surface area contributed by atoms with Gasteiger partial charge in [0, 0.05) is 25.0 Å². The second-order valence-electron chi connectivity index (χ2n) is 5.80. The molecule has 1 amide bonds. The summed E-state index contributed by atoms with van der Waals surface area (Å²) in [6, 6.07) is 8.12. The van der Waals surface area contributed by atoms with E-state index in [2.05, 4.69) is 21.7 Å². The minimum atomic E-state index is -0.163. The third-order valence-electron chi connectivity index (χ3n) is 2.66. The molecule has 108 valence electrons. The Morgan fingerprint density at radius 1 is 1.30 bits per heavy atom. The van der Waals surface area contributed by atoms with Crippen molar-refractivity contribution < 1.29 is 4.79 Å². The van der Waals surface area contributed by atoms with Gasteiger partial charge in [0.1, 0.15) is 5.01 Å². The van der Waals surface area contributed by atoms with Crippen LogP contribution in [-0.2, 0) is 11.3 Å². The van der Waals surface area contributed by atoms with Crippen LogP contribution in [0.25, 0.3) is 10.2 Å². The molecule has 2 rings (SSSR count). The third-order valence-corrected chi connectivity index (χ3v) is 3.69. The van der Waals surface area contributed by atoms with E-state index >= 15 is 0 Å². The van der Waals surface area contributed by atoms with Crippen molar-refractivity contribution in [1.82, 2.24) is 15.6 Å². The molecule has 1 aromatic heterocycles. The number of carbonyl (C=O) groups is 1. The lowest BCUT2D eigenvalue weighted by molar-refractivity contribution is -0.122. The van der Waals surface area contributed by atoms with Gasteiger partial charge in [-0.15, -0.1) is 11.3 Å². The standard InChI is InChI=1S/C15H21N3OS/c1-15(2,3)18-13(19)8-9-16-10-14-17-11-6-4-5-7-12(11)20-14/h4-7,16H,8-10H2,1-3H3,(H,18,19). The summed E-state index contributed by atoms with van der Waals surface area (Å²) in [4.78, 5) is 16.2. The summed E-state index contributed by atoms with van der Waals surface area (Å²) in [5, 5.41) is 7.27. The van der Waals surface area contributed by atoms with E-state index in [9.17, 15) is 4.79 Å². The number of amides is 1. The van der Waals surface area contributed by atoms with Gasteiger partial charge in [-0.2, -0.15) is 0 Å². The van der Waals surface area contributed by atoms with Crippen LogP contribution in [0.3, 0.4) is 0 Å². The lowest BCUT2D eigenvalue weighted by Crippen LogP contribution is -2.41. The lowest BCUT2D eigenvalue weighted by atomic mass is 10.1. The van der Waals surface area contributed by atoms with Crippen LogP contribution in [0, 0.1) is 0 Å². The number of para-hydroxylation sites is 1. The molecule has 2 N–H and O–H groups in total. The minimum absolute atomic E-state index is 0.0781. The highest BCUT2D eigenvalue weighted by Gasteiger charge is 2.12. The van der Waals surface area contributed by atoms with Crippen LogP contribution in [0.4, 0.5) is 0 Å². The molecule has 20 heavy (non-hydrogen) atoms. The zero-order valence-corrected chi connectivity index (χ0v) is 13.0. The van der Waals surface area contributed by atoms with Crippen LogP contribution in [0.15, 0.2) is 24.3 Å². The monoisotopic (exact) mass is 291 g/mol. The van der Waals surface area contributed by atoms with Crippen LogP contribution < -0.4 is 10.6 Å². The second-order valence-corrected chi connectivity index (χ2v) is 6.92. The molecule has 0 spiro atoms. The first kappa shape index (κ1) is 14.9. The molecule has 5 heteroatoms. The Morgan fingerprint density at radius 3 is 2.75 bits per heavy atom. The van der Waals surface area contributed by atoms with Gasteiger partial charge in [0.25, 0.3) is 0 Å². The molecule has 1 aromatic carbocycles. The van der Waals surface area contributed by atoms with Gasteiger partial charge in [0.15, 0.2) is 0 Å². The average molecular weight is 291 g/mol. The highest BCUT2D eigenvalue weighted by atomic mass is 32.1. The van der Waals surface area contributed by atoms with E-state index in [1.165, 1.54) is 4.70 Å². The van der Waals surface area contributed by atoms with Gasteiger partial charge in [-0.25, -0.2) is 4.98 Å². The number of benzene rings is 1. The Hall–Kier alpha value is -1.46. The van der Waals surface area contributed by atoms with Gasteiger partial charge in [0.2, 0.25) is 5.91 Å². The molecule has 1 heterocycles. The quantitative estimate of drug-likeness (QED) is 0.833. The third kappa shape index (κ3) is 4.58. The Morgan fingerprint density at radius 2 is 2.05 bits per heavy atom. The molecule has 0 aliphatic rings. The highest BCUT2D eigenvalue weighted by Crippen LogP contribution is 2.21. The van der Waals surface area contributed by atoms with E-state index in [-0.39, 0.29) is 11.4 Å². The van der Waals surface area contributed by atoms with Crippen molar-refractivity contribution in [3.63, 3.8) is 0 Å². The molecule has 0 radical (unpaired) electrons. The molecule has 0 aliphatic heterocycles. The minimum Gasteiger partial charge on any atom is -0.351 e. The van der Waals surface area contributed by atoms with Crippen molar-refractivity contribution in [3.8, 4) is 0 Å². The predicted octanol–water partition coefficient (Wildman–Crippen LogP) is 2.69. The summed E-state index contributed by atoms with van der Waals surface area (Å²) in [5.74, 6) is 0.0781. The van der Waals surface area contributed by atoms with Crippen molar-refractivity contribution in [2.24, 2.45) is 0 Å². The summed E-state index contributed by atoms with van der Waals surface area (Å²) in [6.07, 6.45) is 0.488. The van der Waals surface area contributed by atoms with Gasteiger partial charge >= 0.3 is 0 Å². The number of nitrogens with one attached hydrogen (secondary N) is 2. The number of fused-ring (bicyclic) bond motifs is 1. The molecule has 0 atom stereocenters. The van der Waals surface area contributed by atoms with E-state index in [4.69, 9.17) is 0 Å². The van der Waals surface area contributed by atoms with Gasteiger partial charge < -0.3 is 10.6 Å². The van der Waals surface area contributed by atoms with Crippen LogP contribution in [-0.4, -0.2) is 23.0 Å². The van der Waals surface area contributed by atoms with Crippen LogP contribution in [0.2, 0.25) is 0 Å². The molecule has 2 aromatic rings. The topological polar surface area (TPSA) is 54.0 Å². The van der Waals surface area contributed by atoms with Gasteiger partial charge in [-0.3, -0.25) is 4.79 Å². The molecular formula is C15H21N3OS. The maximum atomic E-state index is 11.6. The van der Waals surface area contributed by atoms with E-state index < -0.39 is 0 Å². The summed E-state index contributed by atoms with van der Waals surface area (Å²) in [5.41, 5.74) is 0.879. The Labute approximate surface area is 123 Å². The summed E-state index contributed by atoms with van der Waals surface area (Å²) in [6.45, 7) is 7.33.